The lowest BCUT2D eigenvalue weighted by Crippen LogP contribution is -2.33. The molecule has 0 unspecified atom stereocenters. The summed E-state index contributed by atoms with van der Waals surface area (Å²) in [6.07, 6.45) is 0.454. The van der Waals surface area contributed by atoms with Gasteiger partial charge in [-0.05, 0) is 18.6 Å². The molecule has 0 radical (unpaired) electrons. The monoisotopic (exact) mass is 297 g/mol. The number of hydrogen-bond donors (Lipinski definition) is 0. The zero-order valence-corrected chi connectivity index (χ0v) is 11.9. The van der Waals surface area contributed by atoms with E-state index in [1.165, 1.54) is 0 Å². The molecule has 2 rings (SSSR count). The van der Waals surface area contributed by atoms with E-state index in [4.69, 9.17) is 4.18 Å². The first-order valence-electron chi connectivity index (χ1n) is 6.28. The van der Waals surface area contributed by atoms with Gasteiger partial charge in [0.1, 0.15) is 0 Å². The summed E-state index contributed by atoms with van der Waals surface area (Å²) in [5, 5.41) is 0. The van der Waals surface area contributed by atoms with Gasteiger partial charge >= 0.3 is 0 Å². The minimum atomic E-state index is -3.57. The minimum absolute atomic E-state index is 0.0741. The van der Waals surface area contributed by atoms with Gasteiger partial charge in [0.05, 0.1) is 30.0 Å². The van der Waals surface area contributed by atoms with Crippen molar-refractivity contribution in [3.8, 4) is 0 Å². The lowest BCUT2D eigenvalue weighted by Gasteiger charge is -2.13. The number of fused-ring (bicyclic) bond motifs is 1. The fourth-order valence-corrected chi connectivity index (χ4v) is 2.95. The van der Waals surface area contributed by atoms with Crippen LogP contribution in [-0.2, 0) is 14.3 Å². The molecular formula is C13H15NO5S. The first-order valence-corrected chi connectivity index (χ1v) is 7.86. The highest BCUT2D eigenvalue weighted by Crippen LogP contribution is 2.21. The highest BCUT2D eigenvalue weighted by molar-refractivity contribution is 7.86. The first kappa shape index (κ1) is 14.7. The maximum Gasteiger partial charge on any atom is 0.267 e. The molecule has 0 N–H and O–H groups in total. The Labute approximate surface area is 117 Å². The van der Waals surface area contributed by atoms with Crippen LogP contribution in [0.1, 0.15) is 34.1 Å². The van der Waals surface area contributed by atoms with Gasteiger partial charge in [0.2, 0.25) is 0 Å². The van der Waals surface area contributed by atoms with Gasteiger partial charge in [-0.3, -0.25) is 18.7 Å². The summed E-state index contributed by atoms with van der Waals surface area (Å²) in [6, 6.07) is 6.50. The summed E-state index contributed by atoms with van der Waals surface area (Å²) in [7, 11) is -3.57. The van der Waals surface area contributed by atoms with E-state index in [1.807, 2.05) is 0 Å². The van der Waals surface area contributed by atoms with Gasteiger partial charge in [-0.1, -0.05) is 19.1 Å². The second-order valence-electron chi connectivity index (χ2n) is 4.39. The average Bonchev–Trinajstić information content (AvgIpc) is 2.64. The van der Waals surface area contributed by atoms with Crippen molar-refractivity contribution in [3.63, 3.8) is 0 Å². The largest absolute Gasteiger partial charge is 0.272 e. The van der Waals surface area contributed by atoms with E-state index in [0.29, 0.717) is 17.5 Å². The second-order valence-corrected chi connectivity index (χ2v) is 6.15. The molecule has 1 aromatic carbocycles. The van der Waals surface area contributed by atoms with Gasteiger partial charge in [-0.25, -0.2) is 0 Å². The fourth-order valence-electron chi connectivity index (χ4n) is 2.01. The zero-order valence-electron chi connectivity index (χ0n) is 11.0. The number of benzene rings is 1. The van der Waals surface area contributed by atoms with Crippen LogP contribution in [0.3, 0.4) is 0 Å². The molecule has 0 bridgehead atoms. The fraction of sp³-hybridized carbons (Fsp3) is 0.385. The lowest BCUT2D eigenvalue weighted by molar-refractivity contribution is 0.0632. The maximum atomic E-state index is 12.0. The van der Waals surface area contributed by atoms with Crippen LogP contribution in [0.2, 0.25) is 0 Å². The van der Waals surface area contributed by atoms with Crippen LogP contribution < -0.4 is 0 Å². The standard InChI is InChI=1S/C13H15NO5S/c1-2-9-20(17,18)19-8-7-14-12(15)10-5-3-4-6-11(10)13(14)16/h3-6H,2,7-9H2,1H3. The van der Waals surface area contributed by atoms with E-state index in [9.17, 15) is 18.0 Å². The third kappa shape index (κ3) is 2.88. The van der Waals surface area contributed by atoms with E-state index in [0.717, 1.165) is 4.90 Å². The Morgan fingerprint density at radius 2 is 1.65 bits per heavy atom. The van der Waals surface area contributed by atoms with Crippen molar-refractivity contribution in [1.29, 1.82) is 0 Å². The van der Waals surface area contributed by atoms with Gasteiger partial charge in [-0.15, -0.1) is 0 Å². The van der Waals surface area contributed by atoms with Crippen molar-refractivity contribution in [1.82, 2.24) is 4.90 Å². The van der Waals surface area contributed by atoms with Crippen molar-refractivity contribution >= 4 is 21.9 Å². The third-order valence-corrected chi connectivity index (χ3v) is 4.34. The number of imide groups is 1. The Kier molecular flexibility index (Phi) is 4.20. The SMILES string of the molecule is CCCS(=O)(=O)OCCN1C(=O)c2ccccc2C1=O. The number of amides is 2. The molecule has 0 saturated carbocycles. The molecule has 1 aliphatic rings. The molecule has 1 aromatic rings. The van der Waals surface area contributed by atoms with Gasteiger partial charge in [0.25, 0.3) is 21.9 Å². The van der Waals surface area contributed by atoms with Crippen molar-refractivity contribution in [3.05, 3.63) is 35.4 Å². The lowest BCUT2D eigenvalue weighted by atomic mass is 10.1. The predicted octanol–water partition coefficient (Wildman–Crippen LogP) is 1.04. The normalized spacial score (nSPS) is 14.8. The molecule has 2 amide bonds. The van der Waals surface area contributed by atoms with Crippen molar-refractivity contribution in [2.45, 2.75) is 13.3 Å². The Bertz CT molecular complexity index is 603. The summed E-state index contributed by atoms with van der Waals surface area (Å²) in [5.74, 6) is -0.904. The summed E-state index contributed by atoms with van der Waals surface area (Å²) in [6.45, 7) is 1.44. The topological polar surface area (TPSA) is 80.8 Å². The van der Waals surface area contributed by atoms with E-state index in [1.54, 1.807) is 31.2 Å². The van der Waals surface area contributed by atoms with E-state index in [2.05, 4.69) is 0 Å². The molecule has 1 heterocycles. The van der Waals surface area contributed by atoms with Crippen molar-refractivity contribution in [2.24, 2.45) is 0 Å². The van der Waals surface area contributed by atoms with Gasteiger partial charge in [-0.2, -0.15) is 8.42 Å². The molecule has 108 valence electrons. The number of carbonyl (C=O) groups excluding carboxylic acids is 2. The number of rotatable bonds is 6. The molecule has 7 heteroatoms. The van der Waals surface area contributed by atoms with Crippen molar-refractivity contribution in [2.75, 3.05) is 18.9 Å². The molecule has 0 saturated heterocycles. The Balaban J connectivity index is 2.00. The Morgan fingerprint density at radius 3 is 2.15 bits per heavy atom. The number of carbonyl (C=O) groups is 2. The molecule has 0 atom stereocenters. The second kappa shape index (κ2) is 5.72. The Morgan fingerprint density at radius 1 is 1.10 bits per heavy atom. The van der Waals surface area contributed by atoms with Crippen LogP contribution in [-0.4, -0.2) is 44.0 Å². The summed E-state index contributed by atoms with van der Waals surface area (Å²) in [5.41, 5.74) is 0.683. The van der Waals surface area contributed by atoms with Crippen LogP contribution in [0.15, 0.2) is 24.3 Å². The summed E-state index contributed by atoms with van der Waals surface area (Å²) >= 11 is 0. The van der Waals surface area contributed by atoms with Crippen molar-refractivity contribution < 1.29 is 22.2 Å². The molecule has 0 aromatic heterocycles. The third-order valence-electron chi connectivity index (χ3n) is 2.91. The highest BCUT2D eigenvalue weighted by atomic mass is 32.2. The Hall–Kier alpha value is -1.73. The molecule has 0 fully saturated rings. The zero-order chi connectivity index (χ0) is 14.8. The predicted molar refractivity (Wildman–Crippen MR) is 71.8 cm³/mol. The van der Waals surface area contributed by atoms with Gasteiger partial charge < -0.3 is 0 Å². The van der Waals surface area contributed by atoms with Crippen LogP contribution in [0.4, 0.5) is 0 Å². The molecule has 6 nitrogen and oxygen atoms in total. The first-order chi connectivity index (χ1) is 9.46. The molecule has 20 heavy (non-hydrogen) atoms. The highest BCUT2D eigenvalue weighted by Gasteiger charge is 2.34. The van der Waals surface area contributed by atoms with Gasteiger partial charge in [0, 0.05) is 0 Å². The van der Waals surface area contributed by atoms with E-state index in [-0.39, 0.29) is 18.9 Å². The van der Waals surface area contributed by atoms with Gasteiger partial charge in [0.15, 0.2) is 0 Å². The van der Waals surface area contributed by atoms with Crippen LogP contribution >= 0.6 is 0 Å². The summed E-state index contributed by atoms with van der Waals surface area (Å²) in [4.78, 5) is 25.0. The maximum absolute atomic E-state index is 12.0. The number of nitrogens with zero attached hydrogens (tertiary/aromatic N) is 1. The van der Waals surface area contributed by atoms with E-state index < -0.39 is 21.9 Å². The quantitative estimate of drug-likeness (QED) is 0.579. The van der Waals surface area contributed by atoms with Crippen LogP contribution in [0, 0.1) is 0 Å². The molecule has 0 aliphatic carbocycles. The molecular weight excluding hydrogens is 282 g/mol. The van der Waals surface area contributed by atoms with Crippen LogP contribution in [0.25, 0.3) is 0 Å². The minimum Gasteiger partial charge on any atom is -0.272 e. The average molecular weight is 297 g/mol. The van der Waals surface area contributed by atoms with E-state index >= 15 is 0 Å². The summed E-state index contributed by atoms with van der Waals surface area (Å²) < 4.78 is 27.5. The smallest absolute Gasteiger partial charge is 0.267 e. The molecule has 0 spiro atoms. The molecule has 1 aliphatic heterocycles. The number of hydrogen-bond acceptors (Lipinski definition) is 5. The van der Waals surface area contributed by atoms with Crippen LogP contribution in [0.5, 0.6) is 0 Å².